The second-order valence-corrected chi connectivity index (χ2v) is 8.27. The first-order valence-electron chi connectivity index (χ1n) is 8.68. The maximum atomic E-state index is 14.4. The monoisotopic (exact) mass is 571 g/mol. The van der Waals surface area contributed by atoms with E-state index in [1.807, 2.05) is 0 Å². The lowest BCUT2D eigenvalue weighted by Crippen LogP contribution is -2.45. The summed E-state index contributed by atoms with van der Waals surface area (Å²) in [5.74, 6) is -5.06. The number of rotatable bonds is 5. The minimum atomic E-state index is -3.32. The second kappa shape index (κ2) is 8.69. The van der Waals surface area contributed by atoms with Crippen molar-refractivity contribution in [3.8, 4) is 5.69 Å². The molecule has 0 saturated heterocycles. The normalized spacial score (nSPS) is 12.8. The highest BCUT2D eigenvalue weighted by Gasteiger charge is 2.36. The number of fused-ring (bicyclic) bond motifs is 1. The molecular weight excluding hydrogens is 560 g/mol. The number of nitrogens with one attached hydrogen (secondary N) is 1. The van der Waals surface area contributed by atoms with Crippen molar-refractivity contribution in [3.63, 3.8) is 0 Å². The van der Waals surface area contributed by atoms with Crippen LogP contribution in [0.1, 0.15) is 23.7 Å². The van der Waals surface area contributed by atoms with Gasteiger partial charge in [0.2, 0.25) is 5.43 Å². The Kier molecular flexibility index (Phi) is 6.56. The van der Waals surface area contributed by atoms with E-state index in [-0.39, 0.29) is 22.6 Å². The molecule has 2 aromatic heterocycles. The predicted molar refractivity (Wildman–Crippen MR) is 113 cm³/mol. The Morgan fingerprint density at radius 2 is 1.87 bits per heavy atom. The van der Waals surface area contributed by atoms with Gasteiger partial charge in [0.1, 0.15) is 33.9 Å². The van der Waals surface area contributed by atoms with Gasteiger partial charge < -0.3 is 5.32 Å². The highest BCUT2D eigenvalue weighted by Crippen LogP contribution is 2.29. The molecule has 12 heteroatoms. The van der Waals surface area contributed by atoms with Gasteiger partial charge in [-0.25, -0.2) is 18.2 Å². The van der Waals surface area contributed by atoms with Crippen LogP contribution in [0.5, 0.6) is 0 Å². The largest absolute Gasteiger partial charge is 0.342 e. The fourth-order valence-corrected chi connectivity index (χ4v) is 3.67. The van der Waals surface area contributed by atoms with Gasteiger partial charge in [0.15, 0.2) is 11.6 Å². The maximum absolute atomic E-state index is 14.4. The van der Waals surface area contributed by atoms with Gasteiger partial charge in [-0.3, -0.25) is 14.2 Å². The molecule has 0 aliphatic rings. The fraction of sp³-hybridized carbons (Fsp3) is 0.211. The molecule has 0 saturated carbocycles. The number of hydrogen-bond acceptors (Lipinski definition) is 3. The summed E-state index contributed by atoms with van der Waals surface area (Å²) in [4.78, 5) is 29.3. The van der Waals surface area contributed by atoms with Crippen molar-refractivity contribution in [3.05, 3.63) is 68.9 Å². The van der Waals surface area contributed by atoms with E-state index in [0.29, 0.717) is 16.7 Å². The molecule has 2 heterocycles. The quantitative estimate of drug-likeness (QED) is 0.203. The van der Waals surface area contributed by atoms with Crippen LogP contribution in [0.3, 0.4) is 0 Å². The lowest BCUT2D eigenvalue weighted by molar-refractivity contribution is 0.0638. The minimum Gasteiger partial charge on any atom is -0.342 e. The van der Waals surface area contributed by atoms with E-state index in [0.717, 1.165) is 28.8 Å². The summed E-state index contributed by atoms with van der Waals surface area (Å²) >= 11 is 6.69. The Morgan fingerprint density at radius 1 is 1.26 bits per heavy atom. The molecule has 164 valence electrons. The summed E-state index contributed by atoms with van der Waals surface area (Å²) in [6.07, 6.45) is 0.600. The fourth-order valence-electron chi connectivity index (χ4n) is 2.93. The SMILES string of the molecule is CC[C@@H](NC(=O)c1cn(-c2c(F)cc(F)cc2F)c2nc(Cl)ccc2c1=O)C(F)(F)I. The topological polar surface area (TPSA) is 64.0 Å². The van der Waals surface area contributed by atoms with Gasteiger partial charge in [0.05, 0.1) is 5.39 Å². The lowest BCUT2D eigenvalue weighted by atomic mass is 10.1. The van der Waals surface area contributed by atoms with Crippen molar-refractivity contribution in [2.75, 3.05) is 0 Å². The minimum absolute atomic E-state index is 0.128. The standard InChI is InChI=1S/C19H12ClF5IN3O2/c1-2-13(19(24,25)26)27-18(31)10-7-29(15-11(22)5-8(21)6-12(15)23)17-9(16(10)30)3-4-14(20)28-17/h3-7,13H,2H2,1H3,(H,27,31)/t13-/m1/s1. The van der Waals surface area contributed by atoms with Gasteiger partial charge in [-0.05, 0) is 18.6 Å². The van der Waals surface area contributed by atoms with Crippen LogP contribution in [0.2, 0.25) is 5.15 Å². The van der Waals surface area contributed by atoms with Crippen LogP contribution in [0.25, 0.3) is 16.7 Å². The number of carbonyl (C=O) groups excluding carboxylic acids is 1. The number of hydrogen-bond donors (Lipinski definition) is 1. The number of carbonyl (C=O) groups is 1. The molecule has 0 bridgehead atoms. The van der Waals surface area contributed by atoms with Gasteiger partial charge in [-0.2, -0.15) is 8.78 Å². The lowest BCUT2D eigenvalue weighted by Gasteiger charge is -2.22. The van der Waals surface area contributed by atoms with Crippen LogP contribution < -0.4 is 10.7 Å². The van der Waals surface area contributed by atoms with Crippen LogP contribution in [-0.2, 0) is 0 Å². The van der Waals surface area contributed by atoms with E-state index in [9.17, 15) is 31.5 Å². The van der Waals surface area contributed by atoms with Gasteiger partial charge in [-0.1, -0.05) is 18.5 Å². The van der Waals surface area contributed by atoms with Crippen molar-refractivity contribution >= 4 is 51.1 Å². The predicted octanol–water partition coefficient (Wildman–Crippen LogP) is 4.99. The van der Waals surface area contributed by atoms with Crippen molar-refractivity contribution in [1.82, 2.24) is 14.9 Å². The van der Waals surface area contributed by atoms with Crippen molar-refractivity contribution in [1.29, 1.82) is 0 Å². The number of nitrogens with zero attached hydrogens (tertiary/aromatic N) is 2. The summed E-state index contributed by atoms with van der Waals surface area (Å²) in [6.45, 7) is 1.41. The molecule has 1 atom stereocenters. The Hall–Kier alpha value is -2.28. The zero-order chi connectivity index (χ0) is 23.1. The molecule has 1 N–H and O–H groups in total. The summed E-state index contributed by atoms with van der Waals surface area (Å²) < 4.78 is 67.0. The van der Waals surface area contributed by atoms with Crippen LogP contribution in [0.4, 0.5) is 22.0 Å². The molecule has 0 unspecified atom stereocenters. The number of halogens is 7. The van der Waals surface area contributed by atoms with Gasteiger partial charge in [-0.15, -0.1) is 0 Å². The zero-order valence-electron chi connectivity index (χ0n) is 15.5. The smallest absolute Gasteiger partial charge is 0.316 e. The van der Waals surface area contributed by atoms with E-state index in [2.05, 4.69) is 10.3 Å². The van der Waals surface area contributed by atoms with Crippen molar-refractivity contribution < 1.29 is 26.7 Å². The number of alkyl halides is 3. The van der Waals surface area contributed by atoms with Crippen molar-refractivity contribution in [2.24, 2.45) is 0 Å². The molecule has 0 fully saturated rings. The summed E-state index contributed by atoms with van der Waals surface area (Å²) in [7, 11) is 0. The van der Waals surface area contributed by atoms with Gasteiger partial charge in [0.25, 0.3) is 5.91 Å². The third kappa shape index (κ3) is 4.66. The first-order valence-corrected chi connectivity index (χ1v) is 10.1. The molecule has 3 rings (SSSR count). The van der Waals surface area contributed by atoms with E-state index >= 15 is 0 Å². The highest BCUT2D eigenvalue weighted by atomic mass is 127. The summed E-state index contributed by atoms with van der Waals surface area (Å²) in [5.41, 5.74) is -2.73. The zero-order valence-corrected chi connectivity index (χ0v) is 18.4. The second-order valence-electron chi connectivity index (χ2n) is 6.44. The Labute approximate surface area is 190 Å². The number of aromatic nitrogens is 2. The number of pyridine rings is 2. The Morgan fingerprint density at radius 3 is 2.42 bits per heavy atom. The van der Waals surface area contributed by atoms with Crippen LogP contribution in [0, 0.1) is 17.5 Å². The van der Waals surface area contributed by atoms with Gasteiger partial charge in [0, 0.05) is 40.9 Å². The summed E-state index contributed by atoms with van der Waals surface area (Å²) in [6, 6.07) is 1.57. The molecule has 3 aromatic rings. The average molecular weight is 572 g/mol. The number of benzene rings is 1. The molecule has 5 nitrogen and oxygen atoms in total. The summed E-state index contributed by atoms with van der Waals surface area (Å²) in [5, 5.41) is 1.67. The van der Waals surface area contributed by atoms with Crippen LogP contribution in [-0.4, -0.2) is 25.4 Å². The number of amides is 1. The van der Waals surface area contributed by atoms with Crippen molar-refractivity contribution in [2.45, 2.75) is 23.3 Å². The first-order chi connectivity index (χ1) is 14.4. The third-order valence-corrected chi connectivity index (χ3v) is 5.35. The van der Waals surface area contributed by atoms with E-state index < -0.39 is 50.0 Å². The Balaban J connectivity index is 2.29. The third-order valence-electron chi connectivity index (χ3n) is 4.39. The van der Waals surface area contributed by atoms with E-state index in [1.54, 1.807) is 0 Å². The molecule has 0 aliphatic carbocycles. The van der Waals surface area contributed by atoms with Gasteiger partial charge >= 0.3 is 3.93 Å². The molecule has 1 amide bonds. The molecular formula is C19H12ClF5IN3O2. The van der Waals surface area contributed by atoms with E-state index in [4.69, 9.17) is 11.6 Å². The van der Waals surface area contributed by atoms with Crippen LogP contribution >= 0.6 is 34.2 Å². The highest BCUT2D eigenvalue weighted by molar-refractivity contribution is 14.1. The van der Waals surface area contributed by atoms with E-state index in [1.165, 1.54) is 19.1 Å². The molecule has 31 heavy (non-hydrogen) atoms. The van der Waals surface area contributed by atoms with Crippen LogP contribution in [0.15, 0.2) is 35.3 Å². The average Bonchev–Trinajstić information content (AvgIpc) is 2.65. The molecule has 1 aromatic carbocycles. The molecule has 0 spiro atoms. The maximum Gasteiger partial charge on any atom is 0.316 e. The first kappa shape index (κ1) is 23.4. The molecule has 0 radical (unpaired) electrons. The Bertz CT molecular complexity index is 1220. The molecule has 0 aliphatic heterocycles.